The number of nitrogens with one attached hydrogen (secondary N) is 1. The second-order valence-corrected chi connectivity index (χ2v) is 16.4. The third-order valence-electron chi connectivity index (χ3n) is 11.0. The van der Waals surface area contributed by atoms with Crippen molar-refractivity contribution in [2.45, 2.75) is 51.4 Å². The van der Waals surface area contributed by atoms with E-state index in [1.807, 2.05) is 24.3 Å². The molecule has 4 aromatic carbocycles. The Morgan fingerprint density at radius 2 is 1.05 bits per heavy atom. The molecule has 66 heavy (non-hydrogen) atoms. The van der Waals surface area contributed by atoms with Gasteiger partial charge in [-0.3, -0.25) is 24.6 Å². The van der Waals surface area contributed by atoms with Crippen LogP contribution in [-0.4, -0.2) is 54.1 Å². The molecule has 7 rings (SSSR count). The summed E-state index contributed by atoms with van der Waals surface area (Å²) in [4.78, 5) is 80.7. The van der Waals surface area contributed by atoms with Crippen molar-refractivity contribution in [1.82, 2.24) is 4.98 Å². The molecule has 2 fully saturated rings. The van der Waals surface area contributed by atoms with Crippen LogP contribution in [0, 0.1) is 23.7 Å². The van der Waals surface area contributed by atoms with Crippen LogP contribution in [0.1, 0.15) is 56.9 Å². The summed E-state index contributed by atoms with van der Waals surface area (Å²) in [6, 6.07) is 22.7. The number of ether oxygens (including phenoxy) is 7. The molecule has 1 aromatic heterocycles. The van der Waals surface area contributed by atoms with E-state index in [9.17, 15) is 28.8 Å². The Hall–Kier alpha value is -7.66. The zero-order chi connectivity index (χ0) is 46.6. The second kappa shape index (κ2) is 21.8. The summed E-state index contributed by atoms with van der Waals surface area (Å²) in [7, 11) is 1.39. The van der Waals surface area contributed by atoms with Crippen LogP contribution in [-0.2, 0) is 28.8 Å². The smallest absolute Gasteiger partial charge is 0.335 e. The van der Waals surface area contributed by atoms with Crippen LogP contribution >= 0.6 is 11.3 Å². The van der Waals surface area contributed by atoms with Crippen LogP contribution in [0.4, 0.5) is 5.13 Å². The van der Waals surface area contributed by atoms with Crippen LogP contribution in [0.15, 0.2) is 115 Å². The highest BCUT2D eigenvalue weighted by atomic mass is 32.1. The quantitative estimate of drug-likeness (QED) is 0.0324. The maximum Gasteiger partial charge on any atom is 0.335 e. The van der Waals surface area contributed by atoms with Gasteiger partial charge in [0.05, 0.1) is 47.2 Å². The van der Waals surface area contributed by atoms with Gasteiger partial charge in [-0.15, -0.1) is 0 Å². The molecule has 2 aliphatic rings. The summed E-state index contributed by atoms with van der Waals surface area (Å²) >= 11 is 1.41. The number of aromatic nitrogens is 1. The van der Waals surface area contributed by atoms with E-state index in [-0.39, 0.29) is 34.5 Å². The molecule has 0 saturated heterocycles. The molecule has 16 nitrogen and oxygen atoms in total. The van der Waals surface area contributed by atoms with Gasteiger partial charge in [-0.1, -0.05) is 36.6 Å². The summed E-state index contributed by atoms with van der Waals surface area (Å²) < 4.78 is 39.4. The summed E-state index contributed by atoms with van der Waals surface area (Å²) in [5.74, 6) is -3.44. The zero-order valence-electron chi connectivity index (χ0n) is 35.8. The topological polar surface area (TPSA) is 204 Å². The summed E-state index contributed by atoms with van der Waals surface area (Å²) in [5.41, 5.74) is 4.08. The molecule has 0 amide bonds. The molecule has 0 aliphatic heterocycles. The molecule has 0 spiro atoms. The average Bonchev–Trinajstić information content (AvgIpc) is 3.76. The molecule has 1 heterocycles. The number of nitrogens with zero attached hydrogens (tertiary/aromatic N) is 2. The lowest BCUT2D eigenvalue weighted by Gasteiger charge is -2.26. The Balaban J connectivity index is 0.951. The second-order valence-electron chi connectivity index (χ2n) is 15.4. The molecule has 17 heteroatoms. The van der Waals surface area contributed by atoms with Crippen molar-refractivity contribution in [2.24, 2.45) is 28.8 Å². The largest absolute Gasteiger partial charge is 0.493 e. The number of hydrogen-bond donors (Lipinski definition) is 1. The van der Waals surface area contributed by atoms with Crippen molar-refractivity contribution in [2.75, 3.05) is 12.5 Å². The number of rotatable bonds is 16. The van der Waals surface area contributed by atoms with E-state index >= 15 is 0 Å². The molecular weight excluding hydrogens is 871 g/mol. The average molecular weight is 916 g/mol. The third-order valence-corrected chi connectivity index (χ3v) is 12.0. The molecule has 1 N–H and O–H groups in total. The highest BCUT2D eigenvalue weighted by Crippen LogP contribution is 2.36. The van der Waals surface area contributed by atoms with Crippen LogP contribution in [0.2, 0.25) is 0 Å². The lowest BCUT2D eigenvalue weighted by molar-refractivity contribution is -0.145. The van der Waals surface area contributed by atoms with Crippen molar-refractivity contribution in [3.63, 3.8) is 0 Å². The fraction of sp³-hybridized carbons (Fsp3) is 0.265. The number of hydrazone groups is 1. The molecule has 0 radical (unpaired) electrons. The molecule has 2 saturated carbocycles. The number of benzene rings is 4. The Bertz CT molecular complexity index is 2630. The van der Waals surface area contributed by atoms with Crippen LogP contribution < -0.4 is 38.6 Å². The first-order valence-corrected chi connectivity index (χ1v) is 21.9. The molecule has 5 aromatic rings. The minimum absolute atomic E-state index is 0.145. The van der Waals surface area contributed by atoms with Crippen molar-refractivity contribution < 1.29 is 61.9 Å². The minimum Gasteiger partial charge on any atom is -0.493 e. The van der Waals surface area contributed by atoms with Gasteiger partial charge in [0.25, 0.3) is 0 Å². The van der Waals surface area contributed by atoms with Gasteiger partial charge in [-0.05, 0) is 118 Å². The van der Waals surface area contributed by atoms with E-state index in [1.54, 1.807) is 6.07 Å². The SMILES string of the molecule is C=CC(=O)Oc1ccc(OC(=O)C2CCC(C(=O)Oc3ccc(OC(=O)C4CCC(C(=O)Oc5ccc(OC(=O)C=C)c(OC)c5)CC4)cc3/C=N/Nc3nc4ccccc4s3)CC2)cc1. The summed E-state index contributed by atoms with van der Waals surface area (Å²) in [6.45, 7) is 6.74. The molecule has 0 bridgehead atoms. The van der Waals surface area contributed by atoms with Gasteiger partial charge in [0.2, 0.25) is 5.13 Å². The fourth-order valence-electron chi connectivity index (χ4n) is 7.46. The van der Waals surface area contributed by atoms with Crippen molar-refractivity contribution in [3.8, 4) is 40.2 Å². The summed E-state index contributed by atoms with van der Waals surface area (Å²) in [6.07, 6.45) is 6.67. The van der Waals surface area contributed by atoms with E-state index in [4.69, 9.17) is 33.2 Å². The number of fused-ring (bicyclic) bond motifs is 1. The standard InChI is InChI=1S/C49H45N3O13S/c1-4-43(53)60-34-18-20-35(21-19-34)61-45(55)29-14-16-32(17-15-29)48(58)65-39-24-22-36(26-33(39)28-50-52-49-51-38-8-6-7-9-42(38)66-49)62-46(56)30-10-12-31(13-11-30)47(57)63-37-23-25-40(41(27-37)59-3)64-44(54)5-2/h4-9,18-32H,1-2,10-17H2,3H3,(H,51,52)/b50-28+. The van der Waals surface area contributed by atoms with Gasteiger partial charge < -0.3 is 33.2 Å². The third kappa shape index (κ3) is 12.1. The van der Waals surface area contributed by atoms with E-state index < -0.39 is 59.5 Å². The fourth-order valence-corrected chi connectivity index (χ4v) is 8.28. The maximum atomic E-state index is 13.6. The Morgan fingerprint density at radius 1 is 0.576 bits per heavy atom. The number of esters is 6. The first kappa shape index (κ1) is 46.3. The van der Waals surface area contributed by atoms with Crippen LogP contribution in [0.5, 0.6) is 40.2 Å². The Kier molecular flexibility index (Phi) is 15.3. The molecule has 0 atom stereocenters. The number of thiazole rings is 1. The Labute approximate surface area is 383 Å². The van der Waals surface area contributed by atoms with Gasteiger partial charge in [-0.25, -0.2) is 14.6 Å². The van der Waals surface area contributed by atoms with Crippen molar-refractivity contribution >= 4 is 68.7 Å². The zero-order valence-corrected chi connectivity index (χ0v) is 36.6. The van der Waals surface area contributed by atoms with Crippen LogP contribution in [0.3, 0.4) is 0 Å². The first-order valence-electron chi connectivity index (χ1n) is 21.1. The number of anilines is 1. The number of hydrogen-bond acceptors (Lipinski definition) is 17. The van der Waals surface area contributed by atoms with Gasteiger partial charge >= 0.3 is 35.8 Å². The number of methoxy groups -OCH3 is 1. The first-order chi connectivity index (χ1) is 32.0. The van der Waals surface area contributed by atoms with Crippen molar-refractivity contribution in [1.29, 1.82) is 0 Å². The Morgan fingerprint density at radius 3 is 1.59 bits per heavy atom. The summed E-state index contributed by atoms with van der Waals surface area (Å²) in [5, 5.41) is 4.90. The predicted molar refractivity (Wildman–Crippen MR) is 242 cm³/mol. The van der Waals surface area contributed by atoms with Gasteiger partial charge in [0.15, 0.2) is 11.5 Å². The normalized spacial score (nSPS) is 18.0. The highest BCUT2D eigenvalue weighted by Gasteiger charge is 2.34. The van der Waals surface area contributed by atoms with Crippen LogP contribution in [0.25, 0.3) is 10.2 Å². The molecule has 0 unspecified atom stereocenters. The van der Waals surface area contributed by atoms with E-state index in [0.29, 0.717) is 67.8 Å². The van der Waals surface area contributed by atoms with E-state index in [0.717, 1.165) is 22.4 Å². The monoisotopic (exact) mass is 915 g/mol. The van der Waals surface area contributed by atoms with E-state index in [2.05, 4.69) is 28.7 Å². The minimum atomic E-state index is -0.665. The number of para-hydroxylation sites is 1. The van der Waals surface area contributed by atoms with Gasteiger partial charge in [0, 0.05) is 23.8 Å². The lowest BCUT2D eigenvalue weighted by atomic mass is 9.82. The molecular formula is C49H45N3O13S. The van der Waals surface area contributed by atoms with E-state index in [1.165, 1.54) is 79.3 Å². The number of carbonyl (C=O) groups is 6. The number of carbonyl (C=O) groups excluding carboxylic acids is 6. The predicted octanol–water partition coefficient (Wildman–Crippen LogP) is 8.57. The molecule has 2 aliphatic carbocycles. The van der Waals surface area contributed by atoms with Gasteiger partial charge in [0.1, 0.15) is 28.7 Å². The lowest BCUT2D eigenvalue weighted by Crippen LogP contribution is -2.30. The maximum absolute atomic E-state index is 13.6. The van der Waals surface area contributed by atoms with Gasteiger partial charge in [-0.2, -0.15) is 5.10 Å². The highest BCUT2D eigenvalue weighted by molar-refractivity contribution is 7.22. The van der Waals surface area contributed by atoms with Crippen molar-refractivity contribution in [3.05, 3.63) is 116 Å². The molecule has 340 valence electrons.